The summed E-state index contributed by atoms with van der Waals surface area (Å²) in [6.07, 6.45) is -0.484. The number of amides is 1. The third-order valence-corrected chi connectivity index (χ3v) is 6.67. The number of nitrogens with one attached hydrogen (secondary N) is 1. The summed E-state index contributed by atoms with van der Waals surface area (Å²) in [6, 6.07) is 12.9. The number of nitrogens with two attached hydrogens (primary N) is 1. The summed E-state index contributed by atoms with van der Waals surface area (Å²) >= 11 is 0. The summed E-state index contributed by atoms with van der Waals surface area (Å²) in [7, 11) is 0. The molecule has 3 aliphatic rings. The molecule has 0 bridgehead atoms. The van der Waals surface area contributed by atoms with Gasteiger partial charge in [-0.15, -0.1) is 5.10 Å². The normalized spacial score (nSPS) is 17.7. The highest BCUT2D eigenvalue weighted by Gasteiger charge is 2.36. The number of H-pyrrole nitrogens is 1. The van der Waals surface area contributed by atoms with Gasteiger partial charge in [0.15, 0.2) is 23.0 Å². The summed E-state index contributed by atoms with van der Waals surface area (Å²) < 4.78 is 33.6. The quantitative estimate of drug-likeness (QED) is 0.501. The number of hydrogen-bond acceptors (Lipinski definition) is 10. The van der Waals surface area contributed by atoms with Crippen molar-refractivity contribution in [1.29, 1.82) is 5.26 Å². The Morgan fingerprint density at radius 1 is 1.18 bits per heavy atom. The van der Waals surface area contributed by atoms with Crippen LogP contribution in [0.25, 0.3) is 11.3 Å². The van der Waals surface area contributed by atoms with E-state index in [4.69, 9.17) is 34.2 Å². The minimum absolute atomic E-state index is 0.0421. The SMILES string of the molecule is CCOc1cc([C@@H]2C(C#N)=C(N)Oc3n[nH]c(-c4ccc5c(c4)OCO5)c32)ccc1OC(=O)N1CCOCC1. The number of aromatic amines is 1. The zero-order chi connectivity index (χ0) is 26.9. The van der Waals surface area contributed by atoms with Crippen molar-refractivity contribution in [3.05, 3.63) is 59.0 Å². The van der Waals surface area contributed by atoms with Crippen molar-refractivity contribution in [2.75, 3.05) is 39.7 Å². The highest BCUT2D eigenvalue weighted by atomic mass is 16.7. The van der Waals surface area contributed by atoms with Gasteiger partial charge in [0, 0.05) is 18.7 Å². The van der Waals surface area contributed by atoms with Gasteiger partial charge in [0.05, 0.1) is 37.0 Å². The van der Waals surface area contributed by atoms with E-state index in [1.54, 1.807) is 23.1 Å². The standard InChI is InChI=1S/C27H25N5O7/c1-2-35-21-11-15(3-6-19(21)38-27(33)32-7-9-34-10-8-32)22-17(13-28)25(29)39-26-23(22)24(30-31-26)16-4-5-18-20(12-16)37-14-36-18/h3-6,11-12,22H,2,7-10,14,29H2,1H3,(H,30,31)/t22-/m1/s1. The highest BCUT2D eigenvalue weighted by Crippen LogP contribution is 2.48. The molecule has 1 amide bonds. The highest BCUT2D eigenvalue weighted by molar-refractivity contribution is 5.74. The average Bonchev–Trinajstić information content (AvgIpc) is 3.60. The van der Waals surface area contributed by atoms with Crippen LogP contribution in [0.5, 0.6) is 28.9 Å². The lowest BCUT2D eigenvalue weighted by atomic mass is 9.83. The predicted octanol–water partition coefficient (Wildman–Crippen LogP) is 3.25. The van der Waals surface area contributed by atoms with Gasteiger partial charge in [-0.25, -0.2) is 4.79 Å². The van der Waals surface area contributed by atoms with Gasteiger partial charge in [-0.2, -0.15) is 5.26 Å². The number of hydrogen-bond donors (Lipinski definition) is 2. The van der Waals surface area contributed by atoms with Crippen LogP contribution in [0.3, 0.4) is 0 Å². The molecule has 0 spiro atoms. The Labute approximate surface area is 223 Å². The molecule has 200 valence electrons. The largest absolute Gasteiger partial charge is 0.490 e. The molecule has 0 radical (unpaired) electrons. The fourth-order valence-electron chi connectivity index (χ4n) is 4.81. The number of carbonyl (C=O) groups excluding carboxylic acids is 1. The van der Waals surface area contributed by atoms with Crippen LogP contribution >= 0.6 is 0 Å². The van der Waals surface area contributed by atoms with Gasteiger partial charge in [-0.05, 0) is 42.8 Å². The Hall–Kier alpha value is -4.89. The van der Waals surface area contributed by atoms with Crippen LogP contribution in [0, 0.1) is 11.3 Å². The smallest absolute Gasteiger partial charge is 0.415 e. The molecule has 6 rings (SSSR count). The number of rotatable bonds is 5. The summed E-state index contributed by atoms with van der Waals surface area (Å²) in [4.78, 5) is 14.3. The molecule has 1 atom stereocenters. The van der Waals surface area contributed by atoms with Crippen molar-refractivity contribution in [3.63, 3.8) is 0 Å². The maximum atomic E-state index is 12.7. The van der Waals surface area contributed by atoms with Gasteiger partial charge < -0.3 is 39.1 Å². The number of nitriles is 1. The van der Waals surface area contributed by atoms with Gasteiger partial charge in [0.2, 0.25) is 18.6 Å². The lowest BCUT2D eigenvalue weighted by Crippen LogP contribution is -2.42. The summed E-state index contributed by atoms with van der Waals surface area (Å²) in [5.41, 5.74) is 9.07. The van der Waals surface area contributed by atoms with Crippen LogP contribution in [0.2, 0.25) is 0 Å². The van der Waals surface area contributed by atoms with Crippen LogP contribution in [-0.2, 0) is 4.74 Å². The molecule has 0 saturated carbocycles. The van der Waals surface area contributed by atoms with Crippen molar-refractivity contribution >= 4 is 6.09 Å². The number of ether oxygens (including phenoxy) is 6. The molecular formula is C27H25N5O7. The van der Waals surface area contributed by atoms with E-state index in [1.807, 2.05) is 25.1 Å². The molecular weight excluding hydrogens is 506 g/mol. The molecule has 1 fully saturated rings. The number of carbonyl (C=O) groups is 1. The zero-order valence-electron chi connectivity index (χ0n) is 21.1. The van der Waals surface area contributed by atoms with Gasteiger partial charge in [0.25, 0.3) is 0 Å². The van der Waals surface area contributed by atoms with E-state index in [0.717, 1.165) is 5.56 Å². The molecule has 12 nitrogen and oxygen atoms in total. The molecule has 39 heavy (non-hydrogen) atoms. The lowest BCUT2D eigenvalue weighted by molar-refractivity contribution is 0.0413. The summed E-state index contributed by atoms with van der Waals surface area (Å²) in [5, 5.41) is 17.4. The van der Waals surface area contributed by atoms with Crippen LogP contribution in [0.1, 0.15) is 24.0 Å². The van der Waals surface area contributed by atoms with E-state index in [2.05, 4.69) is 16.3 Å². The number of nitrogens with zero attached hydrogens (tertiary/aromatic N) is 3. The second-order valence-corrected chi connectivity index (χ2v) is 8.92. The van der Waals surface area contributed by atoms with Crippen LogP contribution in [-0.4, -0.2) is 60.9 Å². The monoisotopic (exact) mass is 531 g/mol. The van der Waals surface area contributed by atoms with E-state index in [-0.39, 0.29) is 29.9 Å². The number of allylic oxidation sites excluding steroid dienone is 1. The molecule has 0 aliphatic carbocycles. The van der Waals surface area contributed by atoms with E-state index in [9.17, 15) is 10.1 Å². The lowest BCUT2D eigenvalue weighted by Gasteiger charge is -2.27. The first kappa shape index (κ1) is 24.4. The van der Waals surface area contributed by atoms with Crippen LogP contribution < -0.4 is 29.4 Å². The van der Waals surface area contributed by atoms with E-state index < -0.39 is 12.0 Å². The molecule has 2 aromatic carbocycles. The van der Waals surface area contributed by atoms with E-state index in [0.29, 0.717) is 67.0 Å². The first-order valence-corrected chi connectivity index (χ1v) is 12.4. The topological polar surface area (TPSA) is 154 Å². The zero-order valence-corrected chi connectivity index (χ0v) is 21.1. The second kappa shape index (κ2) is 10.1. The number of morpholine rings is 1. The van der Waals surface area contributed by atoms with Crippen molar-refractivity contribution in [1.82, 2.24) is 15.1 Å². The Balaban J connectivity index is 1.40. The van der Waals surface area contributed by atoms with Gasteiger partial charge in [-0.1, -0.05) is 6.07 Å². The fourth-order valence-corrected chi connectivity index (χ4v) is 4.81. The van der Waals surface area contributed by atoms with Crippen molar-refractivity contribution in [2.45, 2.75) is 12.8 Å². The molecule has 3 N–H and O–H groups in total. The maximum absolute atomic E-state index is 12.7. The Bertz CT molecular complexity index is 1500. The minimum atomic E-state index is -0.638. The predicted molar refractivity (Wildman–Crippen MR) is 135 cm³/mol. The van der Waals surface area contributed by atoms with Gasteiger partial charge >= 0.3 is 6.09 Å². The molecule has 1 aromatic heterocycles. The Kier molecular flexibility index (Phi) is 6.34. The van der Waals surface area contributed by atoms with Crippen LogP contribution in [0.15, 0.2) is 47.9 Å². The van der Waals surface area contributed by atoms with Gasteiger partial charge in [0.1, 0.15) is 11.6 Å². The molecule has 3 aromatic rings. The van der Waals surface area contributed by atoms with E-state index >= 15 is 0 Å². The molecule has 0 unspecified atom stereocenters. The molecule has 12 heteroatoms. The average molecular weight is 532 g/mol. The van der Waals surface area contributed by atoms with Gasteiger partial charge in [-0.3, -0.25) is 5.10 Å². The van der Waals surface area contributed by atoms with Crippen molar-refractivity contribution < 1.29 is 33.2 Å². The summed E-state index contributed by atoms with van der Waals surface area (Å²) in [6.45, 7) is 4.13. The first-order chi connectivity index (χ1) is 19.1. The fraction of sp³-hybridized carbons (Fsp3) is 0.296. The third-order valence-electron chi connectivity index (χ3n) is 6.67. The Morgan fingerprint density at radius 2 is 2.00 bits per heavy atom. The number of fused-ring (bicyclic) bond motifs is 2. The summed E-state index contributed by atoms with van der Waals surface area (Å²) in [5.74, 6) is 1.44. The number of benzene rings is 2. The molecule has 1 saturated heterocycles. The second-order valence-electron chi connectivity index (χ2n) is 8.92. The molecule has 4 heterocycles. The number of aromatic nitrogens is 2. The van der Waals surface area contributed by atoms with Crippen molar-refractivity contribution in [3.8, 4) is 46.2 Å². The Morgan fingerprint density at radius 3 is 2.79 bits per heavy atom. The minimum Gasteiger partial charge on any atom is -0.490 e. The third kappa shape index (κ3) is 4.42. The maximum Gasteiger partial charge on any atom is 0.415 e. The molecule has 3 aliphatic heterocycles. The van der Waals surface area contributed by atoms with E-state index in [1.165, 1.54) is 0 Å². The van der Waals surface area contributed by atoms with Crippen LogP contribution in [0.4, 0.5) is 4.79 Å². The first-order valence-electron chi connectivity index (χ1n) is 12.4. The van der Waals surface area contributed by atoms with Crippen molar-refractivity contribution in [2.24, 2.45) is 5.73 Å².